The Balaban J connectivity index is 1.53. The van der Waals surface area contributed by atoms with Gasteiger partial charge < -0.3 is 9.84 Å². The minimum atomic E-state index is -0.732. The van der Waals surface area contributed by atoms with Crippen LogP contribution in [-0.2, 0) is 0 Å². The number of benzene rings is 2. The SMILES string of the molecule is O=C(Nc1ccccc1F)c1nc(-c2cn(-c3ccc(Cl)cc3)nn2)no1. The molecular formula is C17H10ClFN6O2. The van der Waals surface area contributed by atoms with E-state index < -0.39 is 11.7 Å². The normalized spacial score (nSPS) is 10.7. The van der Waals surface area contributed by atoms with Gasteiger partial charge in [-0.15, -0.1) is 5.10 Å². The van der Waals surface area contributed by atoms with Crippen LogP contribution in [0.2, 0.25) is 5.02 Å². The molecule has 1 amide bonds. The summed E-state index contributed by atoms with van der Waals surface area (Å²) in [5.74, 6) is -1.55. The summed E-state index contributed by atoms with van der Waals surface area (Å²) in [7, 11) is 0. The fraction of sp³-hybridized carbons (Fsp3) is 0. The van der Waals surface area contributed by atoms with E-state index in [4.69, 9.17) is 16.1 Å². The molecular weight excluding hydrogens is 375 g/mol. The van der Waals surface area contributed by atoms with Crippen molar-refractivity contribution in [2.45, 2.75) is 0 Å². The molecule has 1 N–H and O–H groups in total. The number of anilines is 1. The second-order valence-corrected chi connectivity index (χ2v) is 5.82. The van der Waals surface area contributed by atoms with Crippen molar-refractivity contribution in [1.29, 1.82) is 0 Å². The highest BCUT2D eigenvalue weighted by Crippen LogP contribution is 2.18. The van der Waals surface area contributed by atoms with E-state index >= 15 is 0 Å². The van der Waals surface area contributed by atoms with Gasteiger partial charge in [0.25, 0.3) is 0 Å². The number of para-hydroxylation sites is 1. The standard InChI is InChI=1S/C17H10ClFN6O2/c18-10-5-7-11(8-6-10)25-9-14(22-24-25)15-21-17(27-23-15)16(26)20-13-4-2-1-3-12(13)19/h1-9H,(H,20,26). The maximum Gasteiger partial charge on any atom is 0.316 e. The first-order chi connectivity index (χ1) is 13.1. The lowest BCUT2D eigenvalue weighted by molar-refractivity contribution is 0.0981. The van der Waals surface area contributed by atoms with Crippen LogP contribution in [0, 0.1) is 5.82 Å². The van der Waals surface area contributed by atoms with Gasteiger partial charge in [0, 0.05) is 5.02 Å². The number of amides is 1. The van der Waals surface area contributed by atoms with Crippen LogP contribution in [0.15, 0.2) is 59.3 Å². The molecule has 2 aromatic heterocycles. The molecule has 0 radical (unpaired) electrons. The molecule has 2 heterocycles. The van der Waals surface area contributed by atoms with Gasteiger partial charge in [-0.25, -0.2) is 9.07 Å². The Bertz CT molecular complexity index is 1110. The summed E-state index contributed by atoms with van der Waals surface area (Å²) in [6, 6.07) is 12.7. The van der Waals surface area contributed by atoms with Crippen molar-refractivity contribution in [1.82, 2.24) is 25.1 Å². The monoisotopic (exact) mass is 384 g/mol. The van der Waals surface area contributed by atoms with Gasteiger partial charge >= 0.3 is 11.8 Å². The van der Waals surface area contributed by atoms with Crippen molar-refractivity contribution >= 4 is 23.2 Å². The summed E-state index contributed by atoms with van der Waals surface area (Å²) in [5, 5.41) is 14.6. The van der Waals surface area contributed by atoms with Crippen LogP contribution in [-0.4, -0.2) is 31.0 Å². The van der Waals surface area contributed by atoms with Crippen LogP contribution in [0.4, 0.5) is 10.1 Å². The lowest BCUT2D eigenvalue weighted by atomic mass is 10.3. The molecule has 0 unspecified atom stereocenters. The second kappa shape index (κ2) is 6.96. The Labute approximate surface area is 156 Å². The lowest BCUT2D eigenvalue weighted by Crippen LogP contribution is -2.13. The predicted molar refractivity (Wildman–Crippen MR) is 94.0 cm³/mol. The predicted octanol–water partition coefficient (Wildman–Crippen LogP) is 3.36. The van der Waals surface area contributed by atoms with Gasteiger partial charge in [-0.2, -0.15) is 4.98 Å². The molecule has 134 valence electrons. The van der Waals surface area contributed by atoms with E-state index in [0.717, 1.165) is 5.69 Å². The van der Waals surface area contributed by atoms with E-state index in [1.807, 2.05) is 0 Å². The number of nitrogens with one attached hydrogen (secondary N) is 1. The summed E-state index contributed by atoms with van der Waals surface area (Å²) < 4.78 is 20.0. The van der Waals surface area contributed by atoms with Crippen molar-refractivity contribution in [3.8, 4) is 17.2 Å². The number of hydrogen-bond donors (Lipinski definition) is 1. The molecule has 4 rings (SSSR count). The molecule has 4 aromatic rings. The van der Waals surface area contributed by atoms with Crippen LogP contribution >= 0.6 is 11.6 Å². The minimum Gasteiger partial charge on any atom is -0.328 e. The second-order valence-electron chi connectivity index (χ2n) is 5.38. The minimum absolute atomic E-state index is 0.0101. The highest BCUT2D eigenvalue weighted by molar-refractivity contribution is 6.30. The largest absolute Gasteiger partial charge is 0.328 e. The van der Waals surface area contributed by atoms with Gasteiger partial charge in [-0.3, -0.25) is 4.79 Å². The fourth-order valence-electron chi connectivity index (χ4n) is 2.24. The summed E-state index contributed by atoms with van der Waals surface area (Å²) in [6.07, 6.45) is 1.58. The molecule has 0 bridgehead atoms. The summed E-state index contributed by atoms with van der Waals surface area (Å²) >= 11 is 5.86. The third-order valence-corrected chi connectivity index (χ3v) is 3.81. The number of nitrogens with zero attached hydrogens (tertiary/aromatic N) is 5. The Morgan fingerprint density at radius 2 is 1.93 bits per heavy atom. The van der Waals surface area contributed by atoms with Crippen molar-refractivity contribution in [3.05, 3.63) is 71.5 Å². The van der Waals surface area contributed by atoms with Gasteiger partial charge in [0.15, 0.2) is 5.69 Å². The zero-order chi connectivity index (χ0) is 18.8. The van der Waals surface area contributed by atoms with Gasteiger partial charge in [0.05, 0.1) is 17.6 Å². The van der Waals surface area contributed by atoms with Crippen LogP contribution in [0.5, 0.6) is 0 Å². The highest BCUT2D eigenvalue weighted by Gasteiger charge is 2.19. The van der Waals surface area contributed by atoms with E-state index in [1.165, 1.54) is 22.9 Å². The van der Waals surface area contributed by atoms with Crippen molar-refractivity contribution < 1.29 is 13.7 Å². The number of carbonyl (C=O) groups is 1. The molecule has 27 heavy (non-hydrogen) atoms. The molecule has 0 fully saturated rings. The average molecular weight is 385 g/mol. The van der Waals surface area contributed by atoms with Gasteiger partial charge in [0.1, 0.15) is 5.82 Å². The van der Waals surface area contributed by atoms with Crippen LogP contribution in [0.25, 0.3) is 17.2 Å². The molecule has 2 aromatic carbocycles. The molecule has 0 spiro atoms. The number of hydrogen-bond acceptors (Lipinski definition) is 6. The summed E-state index contributed by atoms with van der Waals surface area (Å²) in [4.78, 5) is 16.1. The van der Waals surface area contributed by atoms with Crippen LogP contribution in [0.1, 0.15) is 10.7 Å². The molecule has 8 nitrogen and oxygen atoms in total. The van der Waals surface area contributed by atoms with Crippen LogP contribution in [0.3, 0.4) is 0 Å². The fourth-order valence-corrected chi connectivity index (χ4v) is 2.37. The first-order valence-corrected chi connectivity index (χ1v) is 8.06. The zero-order valence-corrected chi connectivity index (χ0v) is 14.3. The average Bonchev–Trinajstić information content (AvgIpc) is 3.33. The van der Waals surface area contributed by atoms with Crippen LogP contribution < -0.4 is 5.32 Å². The Morgan fingerprint density at radius 3 is 2.70 bits per heavy atom. The molecule has 0 aliphatic carbocycles. The van der Waals surface area contributed by atoms with E-state index in [2.05, 4.69) is 25.8 Å². The lowest BCUT2D eigenvalue weighted by Gasteiger charge is -2.02. The molecule has 0 aliphatic rings. The number of aromatic nitrogens is 5. The van der Waals surface area contributed by atoms with E-state index in [-0.39, 0.29) is 17.4 Å². The zero-order valence-electron chi connectivity index (χ0n) is 13.5. The number of rotatable bonds is 4. The maximum atomic E-state index is 13.6. The smallest absolute Gasteiger partial charge is 0.316 e. The third-order valence-electron chi connectivity index (χ3n) is 3.56. The highest BCUT2D eigenvalue weighted by atomic mass is 35.5. The Kier molecular flexibility index (Phi) is 4.35. The van der Waals surface area contributed by atoms with Gasteiger partial charge in [0.2, 0.25) is 5.82 Å². The number of carbonyl (C=O) groups excluding carboxylic acids is 1. The molecule has 0 saturated heterocycles. The first-order valence-electron chi connectivity index (χ1n) is 7.68. The van der Waals surface area contributed by atoms with Crippen molar-refractivity contribution in [2.75, 3.05) is 5.32 Å². The first kappa shape index (κ1) is 16.9. The number of halogens is 2. The van der Waals surface area contributed by atoms with Crippen molar-refractivity contribution in [3.63, 3.8) is 0 Å². The summed E-state index contributed by atoms with van der Waals surface area (Å²) in [5.41, 5.74) is 1.05. The quantitative estimate of drug-likeness (QED) is 0.579. The Hall–Kier alpha value is -3.59. The van der Waals surface area contributed by atoms with E-state index in [1.54, 1.807) is 36.5 Å². The van der Waals surface area contributed by atoms with Gasteiger partial charge in [-0.1, -0.05) is 34.1 Å². The third kappa shape index (κ3) is 3.53. The van der Waals surface area contributed by atoms with E-state index in [0.29, 0.717) is 10.7 Å². The van der Waals surface area contributed by atoms with Crippen molar-refractivity contribution in [2.24, 2.45) is 0 Å². The molecule has 10 heteroatoms. The van der Waals surface area contributed by atoms with Gasteiger partial charge in [-0.05, 0) is 36.4 Å². The molecule has 0 aliphatic heterocycles. The molecule has 0 atom stereocenters. The van der Waals surface area contributed by atoms with E-state index in [9.17, 15) is 9.18 Å². The topological polar surface area (TPSA) is 98.7 Å². The Morgan fingerprint density at radius 1 is 1.15 bits per heavy atom. The maximum absolute atomic E-state index is 13.6. The molecule has 0 saturated carbocycles. The summed E-state index contributed by atoms with van der Waals surface area (Å²) in [6.45, 7) is 0.